The van der Waals surface area contributed by atoms with E-state index in [0.29, 0.717) is 11.0 Å². The van der Waals surface area contributed by atoms with Crippen LogP contribution in [0.3, 0.4) is 0 Å². The predicted molar refractivity (Wildman–Crippen MR) is 130 cm³/mol. The maximum atomic E-state index is 12.6. The van der Waals surface area contributed by atoms with E-state index in [0.717, 1.165) is 22.3 Å². The normalized spacial score (nSPS) is 13.2. The highest BCUT2D eigenvalue weighted by molar-refractivity contribution is 7.80. The summed E-state index contributed by atoms with van der Waals surface area (Å²) in [5.74, 6) is -0.0459. The number of non-ortho nitro benzene ring substituents is 1. The van der Waals surface area contributed by atoms with Crippen molar-refractivity contribution in [1.82, 2.24) is 20.3 Å². The molecule has 0 fully saturated rings. The summed E-state index contributed by atoms with van der Waals surface area (Å²) in [4.78, 5) is 23.3. The van der Waals surface area contributed by atoms with Crippen LogP contribution in [0.5, 0.6) is 0 Å². The number of nitrogens with zero attached hydrogens (tertiary/aromatic N) is 4. The van der Waals surface area contributed by atoms with Gasteiger partial charge in [-0.2, -0.15) is 0 Å². The smallest absolute Gasteiger partial charge is 0.407 e. The van der Waals surface area contributed by atoms with Gasteiger partial charge in [0, 0.05) is 18.1 Å². The van der Waals surface area contributed by atoms with E-state index in [1.165, 1.54) is 22.9 Å². The van der Waals surface area contributed by atoms with Gasteiger partial charge >= 0.3 is 6.09 Å². The Hall–Kier alpha value is -4.18. The van der Waals surface area contributed by atoms with Gasteiger partial charge in [0.15, 0.2) is 0 Å². The van der Waals surface area contributed by atoms with E-state index in [1.54, 1.807) is 6.92 Å². The van der Waals surface area contributed by atoms with Gasteiger partial charge in [-0.05, 0) is 35.2 Å². The molecule has 1 amide bonds. The first-order valence-electron chi connectivity index (χ1n) is 10.6. The molecule has 10 heteroatoms. The molecule has 1 atom stereocenters. The lowest BCUT2D eigenvalue weighted by Gasteiger charge is -2.18. The molecule has 9 nitrogen and oxygen atoms in total. The van der Waals surface area contributed by atoms with Crippen LogP contribution in [-0.4, -0.2) is 43.6 Å². The van der Waals surface area contributed by atoms with Crippen LogP contribution in [0.2, 0.25) is 0 Å². The molecule has 1 N–H and O–H groups in total. The summed E-state index contributed by atoms with van der Waals surface area (Å²) in [6.07, 6.45) is -0.600. The molecular formula is C24H19N5O4S. The Morgan fingerprint density at radius 2 is 1.79 bits per heavy atom. The third-order valence-electron chi connectivity index (χ3n) is 5.90. The topological polar surface area (TPSA) is 112 Å². The van der Waals surface area contributed by atoms with Crippen molar-refractivity contribution < 1.29 is 14.5 Å². The zero-order valence-corrected chi connectivity index (χ0v) is 18.9. The van der Waals surface area contributed by atoms with Crippen molar-refractivity contribution in [2.24, 2.45) is 0 Å². The Labute approximate surface area is 199 Å². The minimum Gasteiger partial charge on any atom is -0.449 e. The fourth-order valence-corrected chi connectivity index (χ4v) is 4.44. The number of thiocarbonyl (C=S) groups is 1. The third kappa shape index (κ3) is 3.77. The zero-order chi connectivity index (χ0) is 23.8. The molecule has 0 saturated heterocycles. The van der Waals surface area contributed by atoms with Gasteiger partial charge in [0.2, 0.25) is 0 Å². The van der Waals surface area contributed by atoms with Gasteiger partial charge in [0.05, 0.1) is 16.5 Å². The Kier molecular flexibility index (Phi) is 5.50. The van der Waals surface area contributed by atoms with Crippen molar-refractivity contribution in [3.05, 3.63) is 88.0 Å². The molecule has 0 saturated carbocycles. The molecule has 1 aliphatic carbocycles. The molecule has 1 aliphatic rings. The second-order valence-corrected chi connectivity index (χ2v) is 8.38. The first-order chi connectivity index (χ1) is 16.4. The van der Waals surface area contributed by atoms with E-state index in [-0.39, 0.29) is 23.2 Å². The molecule has 0 spiro atoms. The number of nitrogens with one attached hydrogen (secondary N) is 1. The van der Waals surface area contributed by atoms with Gasteiger partial charge in [-0.15, -0.1) is 5.10 Å². The second kappa shape index (κ2) is 8.64. The number of nitro benzene ring substituents is 1. The first kappa shape index (κ1) is 21.7. The molecule has 4 aromatic rings. The number of amides is 1. The summed E-state index contributed by atoms with van der Waals surface area (Å²) in [6, 6.07) is 19.8. The number of hydrogen-bond acceptors (Lipinski definition) is 7. The van der Waals surface area contributed by atoms with E-state index in [4.69, 9.17) is 17.0 Å². The number of nitro groups is 1. The number of alkyl carbamates (subject to hydrolysis) is 1. The Morgan fingerprint density at radius 3 is 2.44 bits per heavy atom. The van der Waals surface area contributed by atoms with Crippen molar-refractivity contribution in [2.75, 3.05) is 6.61 Å². The Balaban J connectivity index is 1.26. The molecule has 0 aliphatic heterocycles. The van der Waals surface area contributed by atoms with Crippen LogP contribution in [0.4, 0.5) is 10.5 Å². The average molecular weight is 474 g/mol. The third-order valence-corrected chi connectivity index (χ3v) is 6.42. The van der Waals surface area contributed by atoms with Gasteiger partial charge in [-0.25, -0.2) is 9.48 Å². The second-order valence-electron chi connectivity index (χ2n) is 7.96. The summed E-state index contributed by atoms with van der Waals surface area (Å²) < 4.78 is 6.96. The molecular weight excluding hydrogens is 454 g/mol. The monoisotopic (exact) mass is 473 g/mol. The Bertz CT molecular complexity index is 1400. The maximum Gasteiger partial charge on any atom is 0.407 e. The van der Waals surface area contributed by atoms with Crippen molar-refractivity contribution in [3.63, 3.8) is 0 Å². The summed E-state index contributed by atoms with van der Waals surface area (Å²) in [7, 11) is 0. The quantitative estimate of drug-likeness (QED) is 0.259. The lowest BCUT2D eigenvalue weighted by molar-refractivity contribution is -0.384. The van der Waals surface area contributed by atoms with Crippen LogP contribution in [0.1, 0.15) is 24.0 Å². The first-order valence-corrected chi connectivity index (χ1v) is 11.0. The standard InChI is InChI=1S/C24H19N5O4S/c1-14(23(34)28-22-11-10-15(29(31)32)12-21(22)26-27-28)25-24(30)33-13-20-18-8-4-2-6-16(18)17-7-3-5-9-19(17)20/h2-12,14,20H,13H2,1H3,(H,25,30). The van der Waals surface area contributed by atoms with Crippen molar-refractivity contribution in [1.29, 1.82) is 0 Å². The highest BCUT2D eigenvalue weighted by Gasteiger charge is 2.29. The van der Waals surface area contributed by atoms with Crippen LogP contribution in [-0.2, 0) is 4.74 Å². The van der Waals surface area contributed by atoms with Crippen molar-refractivity contribution in [2.45, 2.75) is 18.9 Å². The SMILES string of the molecule is CC(NC(=O)OCC1c2ccccc2-c2ccccc21)C(=S)n1nnc2cc([N+](=O)[O-])ccc21. The van der Waals surface area contributed by atoms with Crippen molar-refractivity contribution in [3.8, 4) is 11.1 Å². The van der Waals surface area contributed by atoms with Crippen LogP contribution in [0, 0.1) is 10.1 Å². The minimum atomic E-state index is -0.600. The van der Waals surface area contributed by atoms with Gasteiger partial charge in [0.25, 0.3) is 5.69 Å². The van der Waals surface area contributed by atoms with E-state index in [9.17, 15) is 14.9 Å². The fraction of sp³-hybridized carbons (Fsp3) is 0.167. The van der Waals surface area contributed by atoms with Gasteiger partial charge < -0.3 is 10.1 Å². The number of carbonyl (C=O) groups excluding carboxylic acids is 1. The molecule has 1 aromatic heterocycles. The molecule has 34 heavy (non-hydrogen) atoms. The maximum absolute atomic E-state index is 12.6. The number of rotatable bonds is 5. The summed E-state index contributed by atoms with van der Waals surface area (Å²) in [5, 5.41) is 21.7. The summed E-state index contributed by atoms with van der Waals surface area (Å²) >= 11 is 5.48. The molecule has 1 heterocycles. The fourth-order valence-electron chi connectivity index (χ4n) is 4.25. The number of fused-ring (bicyclic) bond motifs is 4. The molecule has 3 aromatic carbocycles. The van der Waals surface area contributed by atoms with Crippen LogP contribution in [0.15, 0.2) is 66.7 Å². The van der Waals surface area contributed by atoms with Gasteiger partial charge in [-0.1, -0.05) is 66.0 Å². The van der Waals surface area contributed by atoms with E-state index >= 15 is 0 Å². The summed E-state index contributed by atoms with van der Waals surface area (Å²) in [6.45, 7) is 1.90. The lowest BCUT2D eigenvalue weighted by Crippen LogP contribution is -2.41. The number of hydrogen-bond donors (Lipinski definition) is 1. The molecule has 5 rings (SSSR count). The Morgan fingerprint density at radius 1 is 1.15 bits per heavy atom. The van der Waals surface area contributed by atoms with E-state index < -0.39 is 17.1 Å². The van der Waals surface area contributed by atoms with Crippen molar-refractivity contribution >= 4 is 40.0 Å². The molecule has 0 bridgehead atoms. The average Bonchev–Trinajstić information content (AvgIpc) is 3.41. The predicted octanol–water partition coefficient (Wildman–Crippen LogP) is 4.44. The van der Waals surface area contributed by atoms with Gasteiger partial charge in [-0.3, -0.25) is 10.1 Å². The van der Waals surface area contributed by atoms with Gasteiger partial charge in [0.1, 0.15) is 17.1 Å². The number of aromatic nitrogens is 3. The minimum absolute atomic E-state index is 0.0459. The van der Waals surface area contributed by atoms with Crippen LogP contribution in [0.25, 0.3) is 22.2 Å². The zero-order valence-electron chi connectivity index (χ0n) is 18.0. The number of benzene rings is 3. The van der Waals surface area contributed by atoms with E-state index in [2.05, 4.69) is 39.9 Å². The van der Waals surface area contributed by atoms with Crippen LogP contribution >= 0.6 is 12.2 Å². The number of ether oxygens (including phenoxy) is 1. The lowest BCUT2D eigenvalue weighted by atomic mass is 9.98. The molecule has 1 unspecified atom stereocenters. The van der Waals surface area contributed by atoms with Crippen LogP contribution < -0.4 is 5.32 Å². The number of carbonyl (C=O) groups is 1. The molecule has 170 valence electrons. The summed E-state index contributed by atoms with van der Waals surface area (Å²) in [5.41, 5.74) is 5.32. The van der Waals surface area contributed by atoms with E-state index in [1.807, 2.05) is 24.3 Å². The molecule has 0 radical (unpaired) electrons. The highest BCUT2D eigenvalue weighted by Crippen LogP contribution is 2.44. The largest absolute Gasteiger partial charge is 0.449 e. The highest BCUT2D eigenvalue weighted by atomic mass is 32.1.